The zero-order valence-electron chi connectivity index (χ0n) is 9.11. The molecular formula is C11H10BrN3OS. The molecule has 1 aromatic heterocycles. The van der Waals surface area contributed by atoms with Crippen LogP contribution in [0.5, 0.6) is 0 Å². The highest BCUT2D eigenvalue weighted by Crippen LogP contribution is 2.20. The van der Waals surface area contributed by atoms with Crippen molar-refractivity contribution in [2.75, 3.05) is 5.75 Å². The van der Waals surface area contributed by atoms with Gasteiger partial charge in [0.05, 0.1) is 5.75 Å². The molecule has 0 fully saturated rings. The third-order valence-electron chi connectivity index (χ3n) is 2.08. The van der Waals surface area contributed by atoms with Crippen LogP contribution in [0.25, 0.3) is 0 Å². The standard InChI is InChI=1S/C11H10BrN3OS/c1-7-13-11(15-14-7)17-6-10(16)8-4-2-3-5-9(8)12/h2-5H,6H2,1H3,(H,13,14,15). The summed E-state index contributed by atoms with van der Waals surface area (Å²) < 4.78 is 0.816. The normalized spacial score (nSPS) is 10.5. The fourth-order valence-corrected chi connectivity index (χ4v) is 2.52. The van der Waals surface area contributed by atoms with Crippen LogP contribution in [-0.2, 0) is 0 Å². The molecule has 0 amide bonds. The number of benzene rings is 1. The molecule has 1 heterocycles. The highest BCUT2D eigenvalue weighted by molar-refractivity contribution is 9.10. The Bertz CT molecular complexity index is 541. The minimum atomic E-state index is 0.0601. The van der Waals surface area contributed by atoms with E-state index in [4.69, 9.17) is 0 Å². The summed E-state index contributed by atoms with van der Waals surface area (Å²) in [6.45, 7) is 1.83. The number of thioether (sulfide) groups is 1. The number of nitrogens with zero attached hydrogens (tertiary/aromatic N) is 2. The summed E-state index contributed by atoms with van der Waals surface area (Å²) in [4.78, 5) is 16.1. The van der Waals surface area contributed by atoms with Gasteiger partial charge in [-0.2, -0.15) is 0 Å². The van der Waals surface area contributed by atoms with E-state index in [-0.39, 0.29) is 5.78 Å². The van der Waals surface area contributed by atoms with Crippen molar-refractivity contribution >= 4 is 33.5 Å². The van der Waals surface area contributed by atoms with E-state index >= 15 is 0 Å². The van der Waals surface area contributed by atoms with Crippen molar-refractivity contribution in [3.8, 4) is 0 Å². The van der Waals surface area contributed by atoms with Gasteiger partial charge in [-0.05, 0) is 13.0 Å². The molecule has 2 aromatic rings. The number of H-pyrrole nitrogens is 1. The summed E-state index contributed by atoms with van der Waals surface area (Å²) in [7, 11) is 0. The van der Waals surface area contributed by atoms with Gasteiger partial charge in [-0.25, -0.2) is 4.98 Å². The summed E-state index contributed by atoms with van der Waals surface area (Å²) in [5.74, 6) is 1.14. The number of aromatic amines is 1. The van der Waals surface area contributed by atoms with Crippen LogP contribution in [0, 0.1) is 6.92 Å². The lowest BCUT2D eigenvalue weighted by atomic mass is 10.1. The van der Waals surface area contributed by atoms with Crippen LogP contribution in [-0.4, -0.2) is 26.7 Å². The summed E-state index contributed by atoms with van der Waals surface area (Å²) in [5.41, 5.74) is 0.687. The molecule has 0 unspecified atom stereocenters. The zero-order valence-corrected chi connectivity index (χ0v) is 11.5. The van der Waals surface area contributed by atoms with Gasteiger partial charge in [0.1, 0.15) is 5.82 Å². The zero-order chi connectivity index (χ0) is 12.3. The average molecular weight is 312 g/mol. The number of hydrogen-bond donors (Lipinski definition) is 1. The molecule has 0 bridgehead atoms. The molecule has 0 atom stereocenters. The smallest absolute Gasteiger partial charge is 0.208 e. The lowest BCUT2D eigenvalue weighted by Gasteiger charge is -2.01. The number of halogens is 1. The molecular weight excluding hydrogens is 302 g/mol. The van der Waals surface area contributed by atoms with E-state index in [2.05, 4.69) is 31.1 Å². The first-order valence-electron chi connectivity index (χ1n) is 4.96. The average Bonchev–Trinajstić information content (AvgIpc) is 2.73. The molecule has 0 aliphatic heterocycles. The number of hydrogen-bond acceptors (Lipinski definition) is 4. The molecule has 4 nitrogen and oxygen atoms in total. The summed E-state index contributed by atoms with van der Waals surface area (Å²) in [6, 6.07) is 7.39. The van der Waals surface area contributed by atoms with Crippen LogP contribution in [0.1, 0.15) is 16.2 Å². The first-order valence-corrected chi connectivity index (χ1v) is 6.74. The first-order chi connectivity index (χ1) is 8.16. The molecule has 0 aliphatic carbocycles. The Morgan fingerprint density at radius 2 is 2.24 bits per heavy atom. The van der Waals surface area contributed by atoms with Crippen molar-refractivity contribution in [3.05, 3.63) is 40.1 Å². The van der Waals surface area contributed by atoms with E-state index in [1.165, 1.54) is 11.8 Å². The van der Waals surface area contributed by atoms with Crippen molar-refractivity contribution in [1.29, 1.82) is 0 Å². The van der Waals surface area contributed by atoms with Crippen LogP contribution in [0.15, 0.2) is 33.9 Å². The minimum Gasteiger partial charge on any atom is -0.293 e. The number of aromatic nitrogens is 3. The second-order valence-corrected chi connectivity index (χ2v) is 5.19. The van der Waals surface area contributed by atoms with Gasteiger partial charge in [0.2, 0.25) is 5.16 Å². The van der Waals surface area contributed by atoms with Crippen LogP contribution in [0.3, 0.4) is 0 Å². The van der Waals surface area contributed by atoms with E-state index in [1.807, 2.05) is 25.1 Å². The second-order valence-electron chi connectivity index (χ2n) is 3.40. The largest absolute Gasteiger partial charge is 0.293 e. The maximum absolute atomic E-state index is 11.9. The molecule has 6 heteroatoms. The van der Waals surface area contributed by atoms with E-state index < -0.39 is 0 Å². The highest BCUT2D eigenvalue weighted by atomic mass is 79.9. The van der Waals surface area contributed by atoms with Gasteiger partial charge in [-0.3, -0.25) is 9.89 Å². The lowest BCUT2D eigenvalue weighted by molar-refractivity contribution is 0.102. The van der Waals surface area contributed by atoms with E-state index in [1.54, 1.807) is 6.07 Å². The third-order valence-corrected chi connectivity index (χ3v) is 3.62. The molecule has 1 aromatic carbocycles. The molecule has 0 spiro atoms. The molecule has 0 saturated carbocycles. The van der Waals surface area contributed by atoms with Crippen molar-refractivity contribution < 1.29 is 4.79 Å². The molecule has 0 radical (unpaired) electrons. The van der Waals surface area contributed by atoms with E-state index in [0.29, 0.717) is 16.5 Å². The van der Waals surface area contributed by atoms with Gasteiger partial charge in [0, 0.05) is 10.0 Å². The van der Waals surface area contributed by atoms with Gasteiger partial charge in [0.25, 0.3) is 0 Å². The molecule has 0 saturated heterocycles. The predicted octanol–water partition coefficient (Wildman–Crippen LogP) is 2.85. The molecule has 17 heavy (non-hydrogen) atoms. The van der Waals surface area contributed by atoms with E-state index in [0.717, 1.165) is 10.3 Å². The first kappa shape index (κ1) is 12.3. The molecule has 88 valence electrons. The Hall–Kier alpha value is -1.14. The van der Waals surface area contributed by atoms with Crippen molar-refractivity contribution in [2.45, 2.75) is 12.1 Å². The quantitative estimate of drug-likeness (QED) is 0.697. The van der Waals surface area contributed by atoms with Crippen LogP contribution >= 0.6 is 27.7 Å². The summed E-state index contributed by atoms with van der Waals surface area (Å²) in [6.07, 6.45) is 0. The number of carbonyl (C=O) groups excluding carboxylic acids is 1. The van der Waals surface area contributed by atoms with Crippen molar-refractivity contribution in [1.82, 2.24) is 15.2 Å². The van der Waals surface area contributed by atoms with Gasteiger partial charge < -0.3 is 0 Å². The lowest BCUT2D eigenvalue weighted by Crippen LogP contribution is -2.03. The number of carbonyl (C=O) groups is 1. The molecule has 2 rings (SSSR count). The number of Topliss-reactive ketones (excluding diaryl/α,β-unsaturated/α-hetero) is 1. The summed E-state index contributed by atoms with van der Waals surface area (Å²) in [5, 5.41) is 7.31. The number of aryl methyl sites for hydroxylation is 1. The SMILES string of the molecule is Cc1nc(SCC(=O)c2ccccc2Br)n[nH]1. The maximum Gasteiger partial charge on any atom is 0.208 e. The third kappa shape index (κ3) is 3.17. The highest BCUT2D eigenvalue weighted by Gasteiger charge is 2.11. The monoisotopic (exact) mass is 311 g/mol. The van der Waals surface area contributed by atoms with Gasteiger partial charge in [-0.1, -0.05) is 45.9 Å². The number of nitrogens with one attached hydrogen (secondary N) is 1. The van der Waals surface area contributed by atoms with Gasteiger partial charge >= 0.3 is 0 Å². The fraction of sp³-hybridized carbons (Fsp3) is 0.182. The number of rotatable bonds is 4. The van der Waals surface area contributed by atoms with Crippen LogP contribution in [0.2, 0.25) is 0 Å². The predicted molar refractivity (Wildman–Crippen MR) is 70.3 cm³/mol. The Balaban J connectivity index is 2.01. The topological polar surface area (TPSA) is 58.6 Å². The Labute approximate surface area is 111 Å². The van der Waals surface area contributed by atoms with Gasteiger partial charge in [-0.15, -0.1) is 5.10 Å². The Kier molecular flexibility index (Phi) is 3.96. The Morgan fingerprint density at radius 1 is 1.47 bits per heavy atom. The molecule has 0 aliphatic rings. The fourth-order valence-electron chi connectivity index (χ4n) is 1.28. The Morgan fingerprint density at radius 3 is 2.88 bits per heavy atom. The van der Waals surface area contributed by atoms with Crippen molar-refractivity contribution in [2.24, 2.45) is 0 Å². The second kappa shape index (κ2) is 5.46. The minimum absolute atomic E-state index is 0.0601. The summed E-state index contributed by atoms with van der Waals surface area (Å²) >= 11 is 4.69. The van der Waals surface area contributed by atoms with E-state index in [9.17, 15) is 4.79 Å². The number of ketones is 1. The van der Waals surface area contributed by atoms with Crippen LogP contribution < -0.4 is 0 Å². The van der Waals surface area contributed by atoms with Gasteiger partial charge in [0.15, 0.2) is 5.78 Å². The van der Waals surface area contributed by atoms with Crippen molar-refractivity contribution in [3.63, 3.8) is 0 Å². The molecule has 1 N–H and O–H groups in total. The maximum atomic E-state index is 11.9. The van der Waals surface area contributed by atoms with Crippen LogP contribution in [0.4, 0.5) is 0 Å².